The van der Waals surface area contributed by atoms with E-state index in [9.17, 15) is 14.7 Å². The summed E-state index contributed by atoms with van der Waals surface area (Å²) in [5, 5.41) is 15.0. The fourth-order valence-electron chi connectivity index (χ4n) is 3.68. The molecular weight excluding hydrogens is 256 g/mol. The van der Waals surface area contributed by atoms with Crippen LogP contribution in [0.1, 0.15) is 64.7 Å². The number of rotatable bonds is 5. The molecule has 0 heterocycles. The molecule has 0 aromatic carbocycles. The lowest BCUT2D eigenvalue weighted by atomic mass is 9.83. The van der Waals surface area contributed by atoms with Gasteiger partial charge in [0.2, 0.25) is 0 Å². The zero-order valence-corrected chi connectivity index (χ0v) is 12.3. The van der Waals surface area contributed by atoms with Gasteiger partial charge in [-0.1, -0.05) is 32.6 Å². The molecule has 2 rings (SSSR count). The average molecular weight is 282 g/mol. The Morgan fingerprint density at radius 1 is 1.05 bits per heavy atom. The minimum absolute atomic E-state index is 0.226. The number of carbonyl (C=O) groups is 2. The largest absolute Gasteiger partial charge is 0.480 e. The molecule has 0 aromatic heterocycles. The molecule has 0 radical (unpaired) electrons. The predicted octanol–water partition coefficient (Wildman–Crippen LogP) is 2.65. The third-order valence-corrected chi connectivity index (χ3v) is 5.26. The third-order valence-electron chi connectivity index (χ3n) is 5.26. The van der Waals surface area contributed by atoms with E-state index in [1.54, 1.807) is 0 Å². The second-order valence-corrected chi connectivity index (χ2v) is 6.46. The van der Waals surface area contributed by atoms with Crippen LogP contribution in [0.4, 0.5) is 4.79 Å². The lowest BCUT2D eigenvalue weighted by Gasteiger charge is -2.30. The Balaban J connectivity index is 1.87. The van der Waals surface area contributed by atoms with Crippen LogP contribution < -0.4 is 10.6 Å². The van der Waals surface area contributed by atoms with Crippen molar-refractivity contribution in [3.63, 3.8) is 0 Å². The van der Waals surface area contributed by atoms with Gasteiger partial charge >= 0.3 is 12.0 Å². The molecule has 0 spiro atoms. The number of aliphatic carboxylic acids is 1. The molecule has 5 nitrogen and oxygen atoms in total. The van der Waals surface area contributed by atoms with Crippen LogP contribution in [0.25, 0.3) is 0 Å². The number of carboxylic acids is 1. The van der Waals surface area contributed by atoms with Crippen LogP contribution in [0, 0.1) is 5.41 Å². The summed E-state index contributed by atoms with van der Waals surface area (Å²) >= 11 is 0. The van der Waals surface area contributed by atoms with E-state index < -0.39 is 11.5 Å². The van der Waals surface area contributed by atoms with Gasteiger partial charge in [-0.2, -0.15) is 0 Å². The molecule has 2 fully saturated rings. The topological polar surface area (TPSA) is 78.4 Å². The van der Waals surface area contributed by atoms with E-state index in [4.69, 9.17) is 0 Å². The van der Waals surface area contributed by atoms with Crippen LogP contribution in [0.5, 0.6) is 0 Å². The first kappa shape index (κ1) is 15.1. The maximum Gasteiger partial charge on any atom is 0.329 e. The lowest BCUT2D eigenvalue weighted by Crippen LogP contribution is -2.56. The van der Waals surface area contributed by atoms with E-state index in [0.29, 0.717) is 19.4 Å². The van der Waals surface area contributed by atoms with Crippen LogP contribution in [0.3, 0.4) is 0 Å². The molecular formula is C15H26N2O3. The second-order valence-electron chi connectivity index (χ2n) is 6.46. The Labute approximate surface area is 120 Å². The normalized spacial score (nSPS) is 23.4. The summed E-state index contributed by atoms with van der Waals surface area (Å²) in [5.74, 6) is -0.906. The van der Waals surface area contributed by atoms with Gasteiger partial charge in [0.25, 0.3) is 0 Å². The zero-order chi connectivity index (χ0) is 14.6. The maximum absolute atomic E-state index is 12.0. The van der Waals surface area contributed by atoms with Crippen LogP contribution in [-0.2, 0) is 4.79 Å². The summed E-state index contributed by atoms with van der Waals surface area (Å²) in [5.41, 5.74) is -0.817. The SMILES string of the molecule is CCC1(CNC(=O)NC2(C(=O)O)CCCC2)CCCC1. The van der Waals surface area contributed by atoms with Gasteiger partial charge in [0.15, 0.2) is 0 Å². The highest BCUT2D eigenvalue weighted by molar-refractivity contribution is 5.86. The first-order chi connectivity index (χ1) is 9.52. The predicted molar refractivity (Wildman–Crippen MR) is 76.6 cm³/mol. The number of urea groups is 1. The van der Waals surface area contributed by atoms with Crippen molar-refractivity contribution in [3.05, 3.63) is 0 Å². The number of carboxylic acid groups (broad SMARTS) is 1. The molecule has 5 heteroatoms. The highest BCUT2D eigenvalue weighted by atomic mass is 16.4. The van der Waals surface area contributed by atoms with Gasteiger partial charge in [0.1, 0.15) is 5.54 Å². The minimum Gasteiger partial charge on any atom is -0.480 e. The minimum atomic E-state index is -1.04. The van der Waals surface area contributed by atoms with Crippen LogP contribution in [0.15, 0.2) is 0 Å². The molecule has 0 aromatic rings. The van der Waals surface area contributed by atoms with E-state index in [1.807, 2.05) is 0 Å². The van der Waals surface area contributed by atoms with Crippen molar-refractivity contribution in [2.75, 3.05) is 6.54 Å². The Morgan fingerprint density at radius 3 is 2.10 bits per heavy atom. The Hall–Kier alpha value is -1.26. The number of nitrogens with one attached hydrogen (secondary N) is 2. The Bertz CT molecular complexity index is 369. The standard InChI is InChI=1S/C15H26N2O3/c1-2-14(7-3-4-8-14)11-16-13(20)17-15(12(18)19)9-5-6-10-15/h2-11H2,1H3,(H,18,19)(H2,16,17,20). The molecule has 3 N–H and O–H groups in total. The monoisotopic (exact) mass is 282 g/mol. The molecule has 114 valence electrons. The molecule has 2 aliphatic carbocycles. The highest BCUT2D eigenvalue weighted by Crippen LogP contribution is 2.40. The lowest BCUT2D eigenvalue weighted by molar-refractivity contribution is -0.144. The molecule has 0 saturated heterocycles. The molecule has 2 aliphatic rings. The fourth-order valence-corrected chi connectivity index (χ4v) is 3.68. The van der Waals surface area contributed by atoms with Crippen LogP contribution in [-0.4, -0.2) is 29.2 Å². The highest BCUT2D eigenvalue weighted by Gasteiger charge is 2.43. The van der Waals surface area contributed by atoms with Crippen molar-refractivity contribution in [3.8, 4) is 0 Å². The summed E-state index contributed by atoms with van der Waals surface area (Å²) in [4.78, 5) is 23.4. The van der Waals surface area contributed by atoms with E-state index in [0.717, 1.165) is 32.1 Å². The van der Waals surface area contributed by atoms with Crippen LogP contribution in [0.2, 0.25) is 0 Å². The molecule has 0 bridgehead atoms. The van der Waals surface area contributed by atoms with Crippen molar-refractivity contribution in [2.45, 2.75) is 70.3 Å². The van der Waals surface area contributed by atoms with Crippen molar-refractivity contribution >= 4 is 12.0 Å². The fraction of sp³-hybridized carbons (Fsp3) is 0.867. The summed E-state index contributed by atoms with van der Waals surface area (Å²) in [6.45, 7) is 2.83. The summed E-state index contributed by atoms with van der Waals surface area (Å²) < 4.78 is 0. The first-order valence-corrected chi connectivity index (χ1v) is 7.81. The van der Waals surface area contributed by atoms with Gasteiger partial charge < -0.3 is 15.7 Å². The average Bonchev–Trinajstić information content (AvgIpc) is 3.06. The van der Waals surface area contributed by atoms with E-state index >= 15 is 0 Å². The van der Waals surface area contributed by atoms with E-state index in [1.165, 1.54) is 12.8 Å². The molecule has 2 amide bonds. The molecule has 2 saturated carbocycles. The van der Waals surface area contributed by atoms with Crippen molar-refractivity contribution in [1.82, 2.24) is 10.6 Å². The van der Waals surface area contributed by atoms with E-state index in [2.05, 4.69) is 17.6 Å². The quantitative estimate of drug-likeness (QED) is 0.725. The van der Waals surface area contributed by atoms with Gasteiger partial charge in [-0.05, 0) is 37.5 Å². The zero-order valence-electron chi connectivity index (χ0n) is 12.3. The molecule has 20 heavy (non-hydrogen) atoms. The van der Waals surface area contributed by atoms with Gasteiger partial charge in [-0.3, -0.25) is 0 Å². The van der Waals surface area contributed by atoms with Crippen molar-refractivity contribution in [1.29, 1.82) is 0 Å². The van der Waals surface area contributed by atoms with Crippen molar-refractivity contribution in [2.24, 2.45) is 5.41 Å². The van der Waals surface area contributed by atoms with Gasteiger partial charge in [-0.25, -0.2) is 9.59 Å². The summed E-state index contributed by atoms with van der Waals surface area (Å²) in [7, 11) is 0. The number of amides is 2. The number of carbonyl (C=O) groups excluding carboxylic acids is 1. The molecule has 0 unspecified atom stereocenters. The van der Waals surface area contributed by atoms with Crippen LogP contribution >= 0.6 is 0 Å². The van der Waals surface area contributed by atoms with E-state index in [-0.39, 0.29) is 11.4 Å². The number of hydrogen-bond acceptors (Lipinski definition) is 2. The molecule has 0 atom stereocenters. The van der Waals surface area contributed by atoms with Gasteiger partial charge in [0, 0.05) is 6.54 Å². The molecule has 0 aliphatic heterocycles. The van der Waals surface area contributed by atoms with Crippen molar-refractivity contribution < 1.29 is 14.7 Å². The van der Waals surface area contributed by atoms with Gasteiger partial charge in [-0.15, -0.1) is 0 Å². The number of hydrogen-bond donors (Lipinski definition) is 3. The third kappa shape index (κ3) is 3.07. The Morgan fingerprint density at radius 2 is 1.60 bits per heavy atom. The summed E-state index contributed by atoms with van der Waals surface area (Å²) in [6.07, 6.45) is 8.66. The smallest absolute Gasteiger partial charge is 0.329 e. The maximum atomic E-state index is 12.0. The first-order valence-electron chi connectivity index (χ1n) is 7.81. The second kappa shape index (κ2) is 6.02. The summed E-state index contributed by atoms with van der Waals surface area (Å²) in [6, 6.07) is -0.325. The Kier molecular flexibility index (Phi) is 4.55. The van der Waals surface area contributed by atoms with Gasteiger partial charge in [0.05, 0.1) is 0 Å².